The van der Waals surface area contributed by atoms with Gasteiger partial charge >= 0.3 is 12.0 Å². The van der Waals surface area contributed by atoms with Crippen LogP contribution in [0.5, 0.6) is 0 Å². The number of urea groups is 1. The van der Waals surface area contributed by atoms with Crippen molar-refractivity contribution in [3.05, 3.63) is 18.2 Å². The Morgan fingerprint density at radius 2 is 2.33 bits per heavy atom. The molecule has 2 rings (SSSR count). The highest BCUT2D eigenvalue weighted by atomic mass is 16.4. The zero-order chi connectivity index (χ0) is 15.4. The van der Waals surface area contributed by atoms with E-state index in [0.717, 1.165) is 0 Å². The summed E-state index contributed by atoms with van der Waals surface area (Å²) in [7, 11) is 0. The minimum atomic E-state index is -1.14. The predicted molar refractivity (Wildman–Crippen MR) is 71.1 cm³/mol. The van der Waals surface area contributed by atoms with Crippen LogP contribution in [0.3, 0.4) is 0 Å². The Hall–Kier alpha value is -2.58. The Labute approximate surface area is 120 Å². The Morgan fingerprint density at radius 3 is 2.86 bits per heavy atom. The Morgan fingerprint density at radius 1 is 1.57 bits per heavy atom. The van der Waals surface area contributed by atoms with Crippen LogP contribution in [0.15, 0.2) is 12.5 Å². The summed E-state index contributed by atoms with van der Waals surface area (Å²) in [5.41, 5.74) is 5.81. The van der Waals surface area contributed by atoms with Gasteiger partial charge in [-0.05, 0) is 6.42 Å². The van der Waals surface area contributed by atoms with Gasteiger partial charge in [0.05, 0.1) is 12.2 Å². The molecule has 2 heterocycles. The summed E-state index contributed by atoms with van der Waals surface area (Å²) in [4.78, 5) is 42.3. The number of carbonyl (C=O) groups is 3. The number of imidazole rings is 1. The third-order valence-corrected chi connectivity index (χ3v) is 3.45. The number of nitrogens with zero attached hydrogens (tertiary/aromatic N) is 2. The first kappa shape index (κ1) is 14.8. The van der Waals surface area contributed by atoms with Gasteiger partial charge in [-0.1, -0.05) is 0 Å². The molecule has 9 nitrogen and oxygen atoms in total. The molecule has 1 fully saturated rings. The fourth-order valence-corrected chi connectivity index (χ4v) is 2.23. The second-order valence-corrected chi connectivity index (χ2v) is 4.96. The number of amides is 3. The minimum absolute atomic E-state index is 0.105. The van der Waals surface area contributed by atoms with E-state index in [2.05, 4.69) is 15.3 Å². The van der Waals surface area contributed by atoms with Crippen LogP contribution in [0.2, 0.25) is 0 Å². The van der Waals surface area contributed by atoms with Crippen molar-refractivity contribution in [2.45, 2.75) is 18.9 Å². The van der Waals surface area contributed by atoms with Crippen molar-refractivity contribution in [3.63, 3.8) is 0 Å². The van der Waals surface area contributed by atoms with Crippen molar-refractivity contribution >= 4 is 17.9 Å². The van der Waals surface area contributed by atoms with Gasteiger partial charge < -0.3 is 26.0 Å². The molecule has 1 saturated heterocycles. The minimum Gasteiger partial charge on any atom is -0.480 e. The number of carboxylic acids is 1. The molecule has 9 heteroatoms. The maximum atomic E-state index is 12.0. The highest BCUT2D eigenvalue weighted by Crippen LogP contribution is 2.15. The van der Waals surface area contributed by atoms with Gasteiger partial charge in [0.2, 0.25) is 5.91 Å². The van der Waals surface area contributed by atoms with Crippen LogP contribution in [-0.2, 0) is 16.0 Å². The molecule has 0 bridgehead atoms. The summed E-state index contributed by atoms with van der Waals surface area (Å²) in [6.45, 7) is 0.605. The van der Waals surface area contributed by atoms with Crippen LogP contribution < -0.4 is 11.1 Å². The normalized spacial score (nSPS) is 19.2. The molecule has 0 radical (unpaired) electrons. The zero-order valence-corrected chi connectivity index (χ0v) is 11.3. The fourth-order valence-electron chi connectivity index (χ4n) is 2.23. The quantitative estimate of drug-likeness (QED) is 0.547. The van der Waals surface area contributed by atoms with Crippen molar-refractivity contribution in [3.8, 4) is 0 Å². The van der Waals surface area contributed by atoms with Crippen molar-refractivity contribution < 1.29 is 19.5 Å². The fraction of sp³-hybridized carbons (Fsp3) is 0.500. The van der Waals surface area contributed by atoms with E-state index in [1.165, 1.54) is 17.4 Å². The number of carboxylic acid groups (broad SMARTS) is 1. The van der Waals surface area contributed by atoms with Crippen LogP contribution in [0, 0.1) is 5.92 Å². The topological polar surface area (TPSA) is 141 Å². The van der Waals surface area contributed by atoms with Crippen LogP contribution in [0.4, 0.5) is 4.79 Å². The van der Waals surface area contributed by atoms with Crippen molar-refractivity contribution in [2.24, 2.45) is 11.7 Å². The lowest BCUT2D eigenvalue weighted by Gasteiger charge is -2.20. The predicted octanol–water partition coefficient (Wildman–Crippen LogP) is -1.08. The van der Waals surface area contributed by atoms with Gasteiger partial charge in [-0.25, -0.2) is 14.6 Å². The van der Waals surface area contributed by atoms with Gasteiger partial charge in [-0.3, -0.25) is 4.79 Å². The Bertz CT molecular complexity index is 530. The Kier molecular flexibility index (Phi) is 4.41. The van der Waals surface area contributed by atoms with Crippen molar-refractivity contribution in [1.29, 1.82) is 0 Å². The molecular weight excluding hydrogens is 278 g/mol. The highest BCUT2D eigenvalue weighted by Gasteiger charge is 2.31. The maximum absolute atomic E-state index is 12.0. The first-order chi connectivity index (χ1) is 9.97. The van der Waals surface area contributed by atoms with Gasteiger partial charge in [-0.15, -0.1) is 0 Å². The Balaban J connectivity index is 1.93. The molecule has 1 aliphatic rings. The molecule has 21 heavy (non-hydrogen) atoms. The first-order valence-electron chi connectivity index (χ1n) is 6.52. The summed E-state index contributed by atoms with van der Waals surface area (Å²) < 4.78 is 0. The number of rotatable bonds is 5. The van der Waals surface area contributed by atoms with Gasteiger partial charge in [0.15, 0.2) is 0 Å². The number of hydrogen-bond donors (Lipinski definition) is 4. The average Bonchev–Trinajstić information content (AvgIpc) is 3.08. The van der Waals surface area contributed by atoms with E-state index in [1.807, 2.05) is 0 Å². The molecule has 1 aliphatic heterocycles. The largest absolute Gasteiger partial charge is 0.480 e. The number of aliphatic carboxylic acids is 1. The molecule has 0 aliphatic carbocycles. The van der Waals surface area contributed by atoms with E-state index in [4.69, 9.17) is 10.8 Å². The first-order valence-corrected chi connectivity index (χ1v) is 6.52. The molecule has 114 valence electrons. The third-order valence-electron chi connectivity index (χ3n) is 3.45. The number of carbonyl (C=O) groups excluding carboxylic acids is 2. The number of likely N-dealkylation sites (tertiary alicyclic amines) is 1. The molecule has 1 unspecified atom stereocenters. The number of hydrogen-bond acceptors (Lipinski definition) is 4. The van der Waals surface area contributed by atoms with Crippen molar-refractivity contribution in [1.82, 2.24) is 20.2 Å². The van der Waals surface area contributed by atoms with Gasteiger partial charge in [-0.2, -0.15) is 0 Å². The second-order valence-electron chi connectivity index (χ2n) is 4.96. The summed E-state index contributed by atoms with van der Waals surface area (Å²) in [6.07, 6.45) is 3.55. The van der Waals surface area contributed by atoms with E-state index < -0.39 is 23.9 Å². The summed E-state index contributed by atoms with van der Waals surface area (Å²) in [6, 6.07) is -1.57. The molecule has 3 amide bonds. The zero-order valence-electron chi connectivity index (χ0n) is 11.3. The van der Waals surface area contributed by atoms with E-state index >= 15 is 0 Å². The molecule has 2 atom stereocenters. The number of aromatic amines is 1. The number of nitrogens with two attached hydrogens (primary N) is 1. The standard InChI is InChI=1S/C12H17N5O4/c13-10(18)7-1-2-17(5-7)12(21)16-9(11(19)20)3-8-4-14-6-15-8/h4,6-7,9H,1-3,5H2,(H2,13,18)(H,14,15)(H,16,21)(H,19,20)/t7?,9-/m0/s1. The van der Waals surface area contributed by atoms with E-state index in [0.29, 0.717) is 18.7 Å². The SMILES string of the molecule is NC(=O)C1CCN(C(=O)N[C@@H](Cc2cnc[nH]2)C(=O)O)C1. The van der Waals surface area contributed by atoms with Gasteiger partial charge in [0, 0.05) is 31.4 Å². The average molecular weight is 295 g/mol. The lowest BCUT2D eigenvalue weighted by molar-refractivity contribution is -0.139. The van der Waals surface area contributed by atoms with Crippen molar-refractivity contribution in [2.75, 3.05) is 13.1 Å². The molecule has 5 N–H and O–H groups in total. The summed E-state index contributed by atoms with van der Waals surface area (Å²) in [5, 5.41) is 11.6. The number of aromatic nitrogens is 2. The molecule has 0 saturated carbocycles. The maximum Gasteiger partial charge on any atom is 0.326 e. The second kappa shape index (κ2) is 6.25. The number of H-pyrrole nitrogens is 1. The monoisotopic (exact) mass is 295 g/mol. The van der Waals surface area contributed by atoms with Crippen LogP contribution in [0.1, 0.15) is 12.1 Å². The molecule has 0 aromatic carbocycles. The lowest BCUT2D eigenvalue weighted by atomic mass is 10.1. The summed E-state index contributed by atoms with van der Waals surface area (Å²) >= 11 is 0. The van der Waals surface area contributed by atoms with Gasteiger partial charge in [0.1, 0.15) is 6.04 Å². The van der Waals surface area contributed by atoms with E-state index in [1.54, 1.807) is 0 Å². The smallest absolute Gasteiger partial charge is 0.326 e. The summed E-state index contributed by atoms with van der Waals surface area (Å²) in [5.74, 6) is -1.95. The number of primary amides is 1. The van der Waals surface area contributed by atoms with Crippen LogP contribution >= 0.6 is 0 Å². The van der Waals surface area contributed by atoms with E-state index in [9.17, 15) is 14.4 Å². The number of nitrogens with one attached hydrogen (secondary N) is 2. The molecule has 1 aromatic rings. The molecule has 0 spiro atoms. The van der Waals surface area contributed by atoms with E-state index in [-0.39, 0.29) is 18.9 Å². The molecular formula is C12H17N5O4. The lowest BCUT2D eigenvalue weighted by Crippen LogP contribution is -2.48. The van der Waals surface area contributed by atoms with Gasteiger partial charge in [0.25, 0.3) is 0 Å². The molecule has 1 aromatic heterocycles. The highest BCUT2D eigenvalue weighted by molar-refractivity contribution is 5.84. The van der Waals surface area contributed by atoms with Crippen LogP contribution in [0.25, 0.3) is 0 Å². The van der Waals surface area contributed by atoms with Crippen LogP contribution in [-0.4, -0.2) is 57.0 Å². The third kappa shape index (κ3) is 3.71.